The molecule has 0 aliphatic heterocycles. The van der Waals surface area contributed by atoms with Crippen LogP contribution in [0.3, 0.4) is 0 Å². The van der Waals surface area contributed by atoms with Crippen molar-refractivity contribution in [3.05, 3.63) is 29.8 Å². The average molecular weight is 293 g/mol. The maximum Gasteiger partial charge on any atom is 0.118 e. The van der Waals surface area contributed by atoms with Gasteiger partial charge in [0.05, 0.1) is 7.11 Å². The van der Waals surface area contributed by atoms with Gasteiger partial charge >= 0.3 is 0 Å². The fourth-order valence-electron chi connectivity index (χ4n) is 3.11. The zero-order chi connectivity index (χ0) is 14.4. The molecule has 2 rings (SSSR count). The van der Waals surface area contributed by atoms with Gasteiger partial charge in [0.1, 0.15) is 5.75 Å². The Labute approximate surface area is 127 Å². The van der Waals surface area contributed by atoms with E-state index in [9.17, 15) is 0 Å². The Morgan fingerprint density at radius 3 is 2.60 bits per heavy atom. The van der Waals surface area contributed by atoms with Crippen molar-refractivity contribution in [3.8, 4) is 5.75 Å². The van der Waals surface area contributed by atoms with Gasteiger partial charge in [0.2, 0.25) is 0 Å². The van der Waals surface area contributed by atoms with Crippen molar-refractivity contribution in [1.29, 1.82) is 0 Å². The Hall–Kier alpha value is -0.670. The zero-order valence-corrected chi connectivity index (χ0v) is 13.7. The number of rotatable bonds is 6. The third kappa shape index (κ3) is 4.42. The smallest absolute Gasteiger partial charge is 0.118 e. The summed E-state index contributed by atoms with van der Waals surface area (Å²) in [5, 5.41) is 4.64. The molecule has 3 unspecified atom stereocenters. The third-order valence-corrected chi connectivity index (χ3v) is 5.37. The predicted molar refractivity (Wildman–Crippen MR) is 88.9 cm³/mol. The monoisotopic (exact) mass is 293 g/mol. The lowest BCUT2D eigenvalue weighted by atomic mass is 9.93. The molecule has 0 bridgehead atoms. The van der Waals surface area contributed by atoms with E-state index in [0.717, 1.165) is 17.4 Å². The summed E-state index contributed by atoms with van der Waals surface area (Å²) in [6.45, 7) is 2.30. The van der Waals surface area contributed by atoms with E-state index >= 15 is 0 Å². The van der Waals surface area contributed by atoms with Crippen LogP contribution in [0, 0.1) is 0 Å². The number of benzene rings is 1. The van der Waals surface area contributed by atoms with Crippen LogP contribution in [0.25, 0.3) is 0 Å². The second-order valence-corrected chi connectivity index (χ2v) is 6.86. The summed E-state index contributed by atoms with van der Waals surface area (Å²) in [6, 6.07) is 9.65. The van der Waals surface area contributed by atoms with Crippen LogP contribution in [-0.2, 0) is 6.42 Å². The normalized spacial score (nSPS) is 24.4. The highest BCUT2D eigenvalue weighted by Gasteiger charge is 2.25. The summed E-state index contributed by atoms with van der Waals surface area (Å²) in [4.78, 5) is 0. The SMILES string of the molecule is COc1ccc(CC(C)NC2CCCCC2SC)cc1. The van der Waals surface area contributed by atoms with Crippen LogP contribution in [0.5, 0.6) is 5.75 Å². The van der Waals surface area contributed by atoms with Crippen molar-refractivity contribution >= 4 is 11.8 Å². The van der Waals surface area contributed by atoms with Gasteiger partial charge in [0.25, 0.3) is 0 Å². The van der Waals surface area contributed by atoms with Crippen LogP contribution in [0.15, 0.2) is 24.3 Å². The van der Waals surface area contributed by atoms with Gasteiger partial charge in [0.15, 0.2) is 0 Å². The second-order valence-electron chi connectivity index (χ2n) is 5.79. The van der Waals surface area contributed by atoms with Crippen molar-refractivity contribution in [2.24, 2.45) is 0 Å². The van der Waals surface area contributed by atoms with Crippen LogP contribution in [0.4, 0.5) is 0 Å². The molecule has 1 N–H and O–H groups in total. The molecule has 0 aromatic heterocycles. The van der Waals surface area contributed by atoms with Crippen LogP contribution in [0.2, 0.25) is 0 Å². The molecule has 1 aliphatic rings. The summed E-state index contributed by atoms with van der Waals surface area (Å²) in [6.07, 6.45) is 8.81. The molecule has 1 fully saturated rings. The van der Waals surface area contributed by atoms with E-state index in [0.29, 0.717) is 12.1 Å². The van der Waals surface area contributed by atoms with Crippen molar-refractivity contribution in [3.63, 3.8) is 0 Å². The molecule has 112 valence electrons. The summed E-state index contributed by atoms with van der Waals surface area (Å²) >= 11 is 2.03. The molecule has 3 atom stereocenters. The zero-order valence-electron chi connectivity index (χ0n) is 12.9. The minimum absolute atomic E-state index is 0.529. The first-order valence-corrected chi connectivity index (χ1v) is 8.93. The van der Waals surface area contributed by atoms with Gasteiger partial charge in [0, 0.05) is 17.3 Å². The molecular formula is C17H27NOS. The Morgan fingerprint density at radius 1 is 1.25 bits per heavy atom. The van der Waals surface area contributed by atoms with Gasteiger partial charge in [-0.25, -0.2) is 0 Å². The lowest BCUT2D eigenvalue weighted by Crippen LogP contribution is -2.45. The summed E-state index contributed by atoms with van der Waals surface area (Å²) < 4.78 is 5.21. The van der Waals surface area contributed by atoms with Crippen LogP contribution < -0.4 is 10.1 Å². The number of hydrogen-bond donors (Lipinski definition) is 1. The van der Waals surface area contributed by atoms with E-state index in [2.05, 4.69) is 30.6 Å². The molecule has 0 radical (unpaired) electrons. The fourth-order valence-corrected chi connectivity index (χ4v) is 4.05. The Balaban J connectivity index is 1.85. The topological polar surface area (TPSA) is 21.3 Å². The lowest BCUT2D eigenvalue weighted by Gasteiger charge is -2.33. The van der Waals surface area contributed by atoms with Crippen molar-refractivity contribution in [1.82, 2.24) is 5.32 Å². The van der Waals surface area contributed by atoms with Crippen LogP contribution >= 0.6 is 11.8 Å². The standard InChI is InChI=1S/C17H27NOS/c1-13(12-14-8-10-15(19-2)11-9-14)18-16-6-4-5-7-17(16)20-3/h8-11,13,16-18H,4-7,12H2,1-3H3. The van der Waals surface area contributed by atoms with E-state index in [1.165, 1.54) is 31.2 Å². The minimum atomic E-state index is 0.529. The number of methoxy groups -OCH3 is 1. The highest BCUT2D eigenvalue weighted by molar-refractivity contribution is 7.99. The minimum Gasteiger partial charge on any atom is -0.497 e. The summed E-state index contributed by atoms with van der Waals surface area (Å²) in [5.74, 6) is 0.934. The van der Waals surface area contributed by atoms with E-state index in [4.69, 9.17) is 4.74 Å². The fraction of sp³-hybridized carbons (Fsp3) is 0.647. The number of nitrogens with one attached hydrogen (secondary N) is 1. The number of thioether (sulfide) groups is 1. The first-order valence-electron chi connectivity index (χ1n) is 7.64. The van der Waals surface area contributed by atoms with Crippen LogP contribution in [-0.4, -0.2) is 30.7 Å². The highest BCUT2D eigenvalue weighted by atomic mass is 32.2. The quantitative estimate of drug-likeness (QED) is 0.860. The van der Waals surface area contributed by atoms with Crippen molar-refractivity contribution in [2.45, 2.75) is 56.4 Å². The Kier molecular flexibility index (Phi) is 6.24. The maximum absolute atomic E-state index is 5.21. The summed E-state index contributed by atoms with van der Waals surface area (Å²) in [7, 11) is 1.71. The molecule has 0 spiro atoms. The van der Waals surface area contributed by atoms with E-state index in [1.54, 1.807) is 7.11 Å². The predicted octanol–water partition coefficient (Wildman–Crippen LogP) is 3.89. The molecule has 20 heavy (non-hydrogen) atoms. The molecule has 1 aromatic carbocycles. The van der Waals surface area contributed by atoms with Gasteiger partial charge in [-0.1, -0.05) is 25.0 Å². The lowest BCUT2D eigenvalue weighted by molar-refractivity contribution is 0.352. The van der Waals surface area contributed by atoms with E-state index < -0.39 is 0 Å². The molecular weight excluding hydrogens is 266 g/mol. The second kappa shape index (κ2) is 7.94. The summed E-state index contributed by atoms with van der Waals surface area (Å²) in [5.41, 5.74) is 1.38. The van der Waals surface area contributed by atoms with Gasteiger partial charge in [-0.2, -0.15) is 11.8 Å². The molecule has 2 nitrogen and oxygen atoms in total. The van der Waals surface area contributed by atoms with Gasteiger partial charge in [-0.3, -0.25) is 0 Å². The maximum atomic E-state index is 5.21. The first-order chi connectivity index (χ1) is 9.72. The van der Waals surface area contributed by atoms with Crippen molar-refractivity contribution in [2.75, 3.05) is 13.4 Å². The van der Waals surface area contributed by atoms with Gasteiger partial charge in [-0.05, 0) is 50.1 Å². The molecule has 0 amide bonds. The number of ether oxygens (including phenoxy) is 1. The Bertz CT molecular complexity index is 392. The largest absolute Gasteiger partial charge is 0.497 e. The van der Waals surface area contributed by atoms with Gasteiger partial charge < -0.3 is 10.1 Å². The molecule has 0 saturated heterocycles. The van der Waals surface area contributed by atoms with E-state index in [-0.39, 0.29) is 0 Å². The van der Waals surface area contributed by atoms with Crippen LogP contribution in [0.1, 0.15) is 38.2 Å². The molecule has 0 heterocycles. The number of hydrogen-bond acceptors (Lipinski definition) is 3. The van der Waals surface area contributed by atoms with Gasteiger partial charge in [-0.15, -0.1) is 0 Å². The third-order valence-electron chi connectivity index (χ3n) is 4.20. The Morgan fingerprint density at radius 2 is 1.95 bits per heavy atom. The first kappa shape index (κ1) is 15.7. The highest BCUT2D eigenvalue weighted by Crippen LogP contribution is 2.27. The van der Waals surface area contributed by atoms with Crippen molar-refractivity contribution < 1.29 is 4.74 Å². The molecule has 1 aromatic rings. The average Bonchev–Trinajstić information content (AvgIpc) is 2.48. The van der Waals surface area contributed by atoms with E-state index in [1.807, 2.05) is 23.9 Å². The molecule has 3 heteroatoms. The molecule has 1 saturated carbocycles. The molecule has 1 aliphatic carbocycles.